The lowest BCUT2D eigenvalue weighted by molar-refractivity contribution is -0.136. The van der Waals surface area contributed by atoms with Crippen molar-refractivity contribution in [1.29, 1.82) is 0 Å². The molecule has 1 aromatic rings. The summed E-state index contributed by atoms with van der Waals surface area (Å²) in [5.41, 5.74) is 0. The van der Waals surface area contributed by atoms with Gasteiger partial charge in [-0.25, -0.2) is 0 Å². The van der Waals surface area contributed by atoms with Gasteiger partial charge in [-0.2, -0.15) is 0 Å². The quantitative estimate of drug-likeness (QED) is 0.798. The van der Waals surface area contributed by atoms with Crippen molar-refractivity contribution >= 4 is 17.2 Å². The van der Waals surface area contributed by atoms with Crippen LogP contribution in [0.3, 0.4) is 0 Å². The predicted molar refractivity (Wildman–Crippen MR) is 82.5 cm³/mol. The van der Waals surface area contributed by atoms with Crippen molar-refractivity contribution in [3.63, 3.8) is 0 Å². The number of hydrogen-bond acceptors (Lipinski definition) is 3. The van der Waals surface area contributed by atoms with Crippen LogP contribution in [0.15, 0.2) is 17.5 Å². The van der Waals surface area contributed by atoms with E-state index in [1.807, 2.05) is 11.9 Å². The molecule has 0 bridgehead atoms. The first kappa shape index (κ1) is 16.2. The third kappa shape index (κ3) is 4.32. The minimum atomic E-state index is 0.205. The molecule has 1 amide bonds. The Morgan fingerprint density at radius 3 is 2.21 bits per heavy atom. The Bertz CT molecular complexity index is 379. The van der Waals surface area contributed by atoms with E-state index in [1.54, 1.807) is 11.3 Å². The van der Waals surface area contributed by atoms with E-state index in [0.717, 1.165) is 0 Å². The van der Waals surface area contributed by atoms with Gasteiger partial charge in [0.15, 0.2) is 0 Å². The van der Waals surface area contributed by atoms with Crippen molar-refractivity contribution in [2.45, 2.75) is 52.7 Å². The number of hydrogen-bond donors (Lipinski definition) is 0. The molecule has 0 aromatic carbocycles. The zero-order valence-corrected chi connectivity index (χ0v) is 13.7. The number of carbonyl (C=O) groups excluding carboxylic acids is 1. The average Bonchev–Trinajstić information content (AvgIpc) is 2.79. The van der Waals surface area contributed by atoms with Gasteiger partial charge in [-0.15, -0.1) is 11.3 Å². The van der Waals surface area contributed by atoms with E-state index in [1.165, 1.54) is 4.88 Å². The third-order valence-corrected chi connectivity index (χ3v) is 4.44. The second-order valence-electron chi connectivity index (χ2n) is 5.60. The van der Waals surface area contributed by atoms with Gasteiger partial charge in [-0.05, 0) is 53.1 Å². The highest BCUT2D eigenvalue weighted by molar-refractivity contribution is 7.10. The minimum absolute atomic E-state index is 0.205. The Morgan fingerprint density at radius 1 is 1.21 bits per heavy atom. The molecule has 19 heavy (non-hydrogen) atoms. The maximum atomic E-state index is 12.4. The Kier molecular flexibility index (Phi) is 6.01. The SMILES string of the molecule is CC(c1cccs1)N(C)CC(=O)N(C(C)C)C(C)C. The van der Waals surface area contributed by atoms with E-state index in [0.29, 0.717) is 6.54 Å². The lowest BCUT2D eigenvalue weighted by Gasteiger charge is -2.33. The average molecular weight is 282 g/mol. The van der Waals surface area contributed by atoms with Crippen LogP contribution in [0, 0.1) is 0 Å². The van der Waals surface area contributed by atoms with Crippen LogP contribution in [0.1, 0.15) is 45.5 Å². The maximum Gasteiger partial charge on any atom is 0.237 e. The van der Waals surface area contributed by atoms with Gasteiger partial charge < -0.3 is 4.90 Å². The molecule has 3 nitrogen and oxygen atoms in total. The summed E-state index contributed by atoms with van der Waals surface area (Å²) >= 11 is 1.74. The van der Waals surface area contributed by atoms with Gasteiger partial charge in [-0.1, -0.05) is 6.07 Å². The number of thiophene rings is 1. The molecule has 1 atom stereocenters. The van der Waals surface area contributed by atoms with Crippen molar-refractivity contribution in [2.24, 2.45) is 0 Å². The van der Waals surface area contributed by atoms with Crippen LogP contribution in [0.25, 0.3) is 0 Å². The van der Waals surface area contributed by atoms with E-state index < -0.39 is 0 Å². The molecule has 0 aliphatic heterocycles. The zero-order chi connectivity index (χ0) is 14.6. The first-order chi connectivity index (χ1) is 8.84. The lowest BCUT2D eigenvalue weighted by Crippen LogP contribution is -2.46. The summed E-state index contributed by atoms with van der Waals surface area (Å²) < 4.78 is 0. The minimum Gasteiger partial charge on any atom is -0.337 e. The van der Waals surface area contributed by atoms with Crippen molar-refractivity contribution < 1.29 is 4.79 Å². The number of amides is 1. The highest BCUT2D eigenvalue weighted by Gasteiger charge is 2.23. The van der Waals surface area contributed by atoms with Gasteiger partial charge in [0.25, 0.3) is 0 Å². The summed E-state index contributed by atoms with van der Waals surface area (Å²) in [5, 5.41) is 2.08. The topological polar surface area (TPSA) is 23.6 Å². The van der Waals surface area contributed by atoms with Crippen molar-refractivity contribution in [3.05, 3.63) is 22.4 Å². The Morgan fingerprint density at radius 2 is 1.79 bits per heavy atom. The molecule has 0 aliphatic carbocycles. The second kappa shape index (κ2) is 7.06. The van der Waals surface area contributed by atoms with Crippen LogP contribution in [-0.4, -0.2) is 41.4 Å². The highest BCUT2D eigenvalue weighted by atomic mass is 32.1. The molecule has 0 aliphatic rings. The van der Waals surface area contributed by atoms with E-state index in [4.69, 9.17) is 0 Å². The Hall–Kier alpha value is -0.870. The van der Waals surface area contributed by atoms with Crippen LogP contribution < -0.4 is 0 Å². The van der Waals surface area contributed by atoms with Gasteiger partial charge in [0.1, 0.15) is 0 Å². The van der Waals surface area contributed by atoms with Gasteiger partial charge in [0, 0.05) is 23.0 Å². The second-order valence-corrected chi connectivity index (χ2v) is 6.57. The largest absolute Gasteiger partial charge is 0.337 e. The molecule has 0 saturated heterocycles. The van der Waals surface area contributed by atoms with Crippen LogP contribution in [0.5, 0.6) is 0 Å². The molecule has 0 saturated carbocycles. The molecular weight excluding hydrogens is 256 g/mol. The summed E-state index contributed by atoms with van der Waals surface area (Å²) in [6.07, 6.45) is 0. The van der Waals surface area contributed by atoms with E-state index in [2.05, 4.69) is 57.0 Å². The summed E-state index contributed by atoms with van der Waals surface area (Å²) in [6.45, 7) is 10.9. The van der Waals surface area contributed by atoms with Crippen molar-refractivity contribution in [2.75, 3.05) is 13.6 Å². The molecule has 0 spiro atoms. The molecule has 1 aromatic heterocycles. The van der Waals surface area contributed by atoms with Crippen LogP contribution in [-0.2, 0) is 4.79 Å². The van der Waals surface area contributed by atoms with Gasteiger partial charge in [0.05, 0.1) is 6.54 Å². The predicted octanol–water partition coefficient (Wildman–Crippen LogP) is 3.39. The molecular formula is C15H26N2OS. The highest BCUT2D eigenvalue weighted by Crippen LogP contribution is 2.23. The van der Waals surface area contributed by atoms with Gasteiger partial charge in [-0.3, -0.25) is 9.69 Å². The van der Waals surface area contributed by atoms with E-state index >= 15 is 0 Å². The van der Waals surface area contributed by atoms with Gasteiger partial charge >= 0.3 is 0 Å². The summed E-state index contributed by atoms with van der Waals surface area (Å²) in [7, 11) is 2.02. The molecule has 1 rings (SSSR count). The van der Waals surface area contributed by atoms with E-state index in [-0.39, 0.29) is 24.0 Å². The zero-order valence-electron chi connectivity index (χ0n) is 12.9. The van der Waals surface area contributed by atoms with Gasteiger partial charge in [0.2, 0.25) is 5.91 Å². The fourth-order valence-electron chi connectivity index (χ4n) is 2.35. The van der Waals surface area contributed by atoms with Crippen molar-refractivity contribution in [1.82, 2.24) is 9.80 Å². The number of nitrogens with zero attached hydrogens (tertiary/aromatic N) is 2. The molecule has 0 fully saturated rings. The third-order valence-electron chi connectivity index (χ3n) is 3.40. The summed E-state index contributed by atoms with van der Waals surface area (Å²) in [6, 6.07) is 4.96. The molecule has 0 radical (unpaired) electrons. The first-order valence-corrected chi connectivity index (χ1v) is 7.77. The van der Waals surface area contributed by atoms with E-state index in [9.17, 15) is 4.79 Å². The molecule has 108 valence electrons. The van der Waals surface area contributed by atoms with Crippen molar-refractivity contribution in [3.8, 4) is 0 Å². The number of likely N-dealkylation sites (N-methyl/N-ethyl adjacent to an activating group) is 1. The molecule has 1 unspecified atom stereocenters. The standard InChI is InChI=1S/C15H26N2OS/c1-11(2)17(12(3)4)15(18)10-16(6)13(5)14-8-7-9-19-14/h7-9,11-13H,10H2,1-6H3. The summed E-state index contributed by atoms with van der Waals surface area (Å²) in [4.78, 5) is 17.8. The Balaban J connectivity index is 2.65. The number of carbonyl (C=O) groups is 1. The first-order valence-electron chi connectivity index (χ1n) is 6.89. The van der Waals surface area contributed by atoms with Crippen LogP contribution in [0.4, 0.5) is 0 Å². The number of rotatable bonds is 6. The summed E-state index contributed by atoms with van der Waals surface area (Å²) in [5.74, 6) is 0.205. The molecule has 4 heteroatoms. The van der Waals surface area contributed by atoms with Crippen LogP contribution >= 0.6 is 11.3 Å². The smallest absolute Gasteiger partial charge is 0.237 e. The van der Waals surface area contributed by atoms with Crippen LogP contribution in [0.2, 0.25) is 0 Å². The fraction of sp³-hybridized carbons (Fsp3) is 0.667. The fourth-order valence-corrected chi connectivity index (χ4v) is 3.20. The molecule has 0 N–H and O–H groups in total. The normalized spacial score (nSPS) is 13.3. The monoisotopic (exact) mass is 282 g/mol. The lowest BCUT2D eigenvalue weighted by atomic mass is 10.2. The Labute approximate surface area is 121 Å². The maximum absolute atomic E-state index is 12.4. The molecule has 1 heterocycles.